The number of nitrogens with one attached hydrogen (secondary N) is 3. The smallest absolute Gasteiger partial charge is 0.259 e. The van der Waals surface area contributed by atoms with Crippen LogP contribution in [0.2, 0.25) is 0 Å². The summed E-state index contributed by atoms with van der Waals surface area (Å²) >= 11 is 0. The van der Waals surface area contributed by atoms with Crippen molar-refractivity contribution in [2.75, 3.05) is 16.8 Å². The number of anilines is 2. The molecule has 0 spiro atoms. The Morgan fingerprint density at radius 3 is 2.88 bits per heavy atom. The fourth-order valence-electron chi connectivity index (χ4n) is 4.91. The number of para-hydroxylation sites is 1. The first kappa shape index (κ1) is 20.4. The first-order valence-electron chi connectivity index (χ1n) is 11.4. The Bertz CT molecular complexity index is 1320. The Balaban J connectivity index is 1.38. The highest BCUT2D eigenvalue weighted by Gasteiger charge is 2.40. The maximum absolute atomic E-state index is 13.3. The van der Waals surface area contributed by atoms with Crippen molar-refractivity contribution < 1.29 is 4.79 Å². The zero-order chi connectivity index (χ0) is 23.1. The molecular formula is C26H25N7O. The van der Waals surface area contributed by atoms with E-state index in [4.69, 9.17) is 4.98 Å². The summed E-state index contributed by atoms with van der Waals surface area (Å²) in [5.41, 5.74) is 9.33. The number of hydrogen-bond donors (Lipinski definition) is 3. The van der Waals surface area contributed by atoms with E-state index in [1.807, 2.05) is 48.7 Å². The van der Waals surface area contributed by atoms with E-state index in [0.717, 1.165) is 29.2 Å². The number of rotatable bonds is 4. The first-order chi connectivity index (χ1) is 16.7. The summed E-state index contributed by atoms with van der Waals surface area (Å²) in [7, 11) is 0. The zero-order valence-corrected chi connectivity index (χ0v) is 18.8. The van der Waals surface area contributed by atoms with Gasteiger partial charge in [-0.3, -0.25) is 9.80 Å². The van der Waals surface area contributed by atoms with Gasteiger partial charge in [-0.1, -0.05) is 24.3 Å². The largest absolute Gasteiger partial charge is 0.348 e. The van der Waals surface area contributed by atoms with Gasteiger partial charge in [-0.05, 0) is 48.9 Å². The van der Waals surface area contributed by atoms with Crippen LogP contribution in [0.5, 0.6) is 0 Å². The number of carbonyl (C=O) groups is 1. The molecule has 2 atom stereocenters. The highest BCUT2D eigenvalue weighted by atomic mass is 16.1. The molecule has 3 N–H and O–H groups in total. The van der Waals surface area contributed by atoms with Gasteiger partial charge in [0.2, 0.25) is 0 Å². The van der Waals surface area contributed by atoms with Gasteiger partial charge in [0.15, 0.2) is 0 Å². The molecule has 34 heavy (non-hydrogen) atoms. The number of imidazole rings is 1. The van der Waals surface area contributed by atoms with E-state index in [2.05, 4.69) is 49.7 Å². The van der Waals surface area contributed by atoms with E-state index in [-0.39, 0.29) is 18.0 Å². The SMILES string of the molecule is CC1=CC=CN2NC([C@@H]3c4nc[nH]c4CCN3c3ncccc3C(=O)Nc3ccccc3)C=C12. The number of H-pyrrole nitrogens is 1. The lowest BCUT2D eigenvalue weighted by Crippen LogP contribution is -2.48. The van der Waals surface area contributed by atoms with Gasteiger partial charge in [-0.2, -0.15) is 0 Å². The third-order valence-electron chi connectivity index (χ3n) is 6.52. The van der Waals surface area contributed by atoms with Gasteiger partial charge < -0.3 is 15.2 Å². The highest BCUT2D eigenvalue weighted by Crippen LogP contribution is 2.38. The maximum Gasteiger partial charge on any atom is 0.259 e. The summed E-state index contributed by atoms with van der Waals surface area (Å²) in [6.07, 6.45) is 12.7. The van der Waals surface area contributed by atoms with E-state index < -0.39 is 0 Å². The molecule has 0 fully saturated rings. The number of hydrogen-bond acceptors (Lipinski definition) is 6. The zero-order valence-electron chi connectivity index (χ0n) is 18.8. The van der Waals surface area contributed by atoms with Crippen molar-refractivity contribution in [1.82, 2.24) is 25.4 Å². The topological polar surface area (TPSA) is 89.2 Å². The molecule has 170 valence electrons. The fourth-order valence-corrected chi connectivity index (χ4v) is 4.91. The predicted molar refractivity (Wildman–Crippen MR) is 131 cm³/mol. The lowest BCUT2D eigenvalue weighted by Gasteiger charge is -2.39. The molecule has 0 aliphatic carbocycles. The van der Waals surface area contributed by atoms with Gasteiger partial charge in [-0.15, -0.1) is 0 Å². The maximum atomic E-state index is 13.3. The number of aromatic amines is 1. The minimum absolute atomic E-state index is 0.0458. The van der Waals surface area contributed by atoms with Gasteiger partial charge in [0, 0.05) is 36.7 Å². The molecule has 2 aromatic heterocycles. The van der Waals surface area contributed by atoms with E-state index in [1.165, 1.54) is 5.57 Å². The van der Waals surface area contributed by atoms with Crippen LogP contribution in [0.25, 0.3) is 0 Å². The molecule has 3 aliphatic rings. The normalized spacial score (nSPS) is 21.0. The molecule has 6 rings (SSSR count). The molecule has 0 radical (unpaired) electrons. The van der Waals surface area contributed by atoms with E-state index in [0.29, 0.717) is 17.9 Å². The minimum atomic E-state index is -0.183. The second-order valence-electron chi connectivity index (χ2n) is 8.62. The van der Waals surface area contributed by atoms with Gasteiger partial charge in [-0.25, -0.2) is 15.4 Å². The van der Waals surface area contributed by atoms with Crippen LogP contribution < -0.4 is 15.6 Å². The van der Waals surface area contributed by atoms with Gasteiger partial charge in [0.25, 0.3) is 5.91 Å². The summed E-state index contributed by atoms with van der Waals surface area (Å²) in [5, 5.41) is 5.06. The van der Waals surface area contributed by atoms with Gasteiger partial charge in [0.1, 0.15) is 5.82 Å². The Labute approximate surface area is 197 Å². The van der Waals surface area contributed by atoms with E-state index >= 15 is 0 Å². The number of benzene rings is 1. The summed E-state index contributed by atoms with van der Waals surface area (Å²) in [6, 6.07) is 12.9. The van der Waals surface area contributed by atoms with Crippen molar-refractivity contribution >= 4 is 17.4 Å². The van der Waals surface area contributed by atoms with Crippen LogP contribution in [0.3, 0.4) is 0 Å². The molecule has 3 aromatic rings. The number of aromatic nitrogens is 3. The molecule has 0 bridgehead atoms. The molecule has 0 saturated heterocycles. The third-order valence-corrected chi connectivity index (χ3v) is 6.52. The monoisotopic (exact) mass is 451 g/mol. The van der Waals surface area contributed by atoms with Crippen LogP contribution in [0, 0.1) is 0 Å². The van der Waals surface area contributed by atoms with Crippen LogP contribution >= 0.6 is 0 Å². The molecule has 8 heteroatoms. The lowest BCUT2D eigenvalue weighted by atomic mass is 9.95. The second-order valence-corrected chi connectivity index (χ2v) is 8.62. The number of carbonyl (C=O) groups excluding carboxylic acids is 1. The molecule has 1 aromatic carbocycles. The summed E-state index contributed by atoms with van der Waals surface area (Å²) < 4.78 is 0. The molecule has 0 saturated carbocycles. The average molecular weight is 452 g/mol. The van der Waals surface area contributed by atoms with Crippen LogP contribution in [0.1, 0.15) is 34.7 Å². The number of allylic oxidation sites excluding steroid dienone is 3. The average Bonchev–Trinajstić information content (AvgIpc) is 3.52. The third kappa shape index (κ3) is 3.48. The highest BCUT2D eigenvalue weighted by molar-refractivity contribution is 6.07. The summed E-state index contributed by atoms with van der Waals surface area (Å²) in [4.78, 5) is 28.2. The van der Waals surface area contributed by atoms with Crippen LogP contribution in [-0.2, 0) is 6.42 Å². The number of pyridine rings is 1. The fraction of sp³-hybridized carbons (Fsp3) is 0.192. The number of amides is 1. The van der Waals surface area contributed by atoms with Crippen molar-refractivity contribution in [3.8, 4) is 0 Å². The number of hydrazine groups is 1. The van der Waals surface area contributed by atoms with Gasteiger partial charge >= 0.3 is 0 Å². The Hall–Kier alpha value is -4.17. The Morgan fingerprint density at radius 1 is 1.15 bits per heavy atom. The van der Waals surface area contributed by atoms with Crippen LogP contribution in [-0.4, -0.2) is 38.5 Å². The Kier molecular flexibility index (Phi) is 5.00. The van der Waals surface area contributed by atoms with Crippen molar-refractivity contribution in [3.05, 3.63) is 108 Å². The lowest BCUT2D eigenvalue weighted by molar-refractivity contribution is 0.102. The molecule has 5 heterocycles. The summed E-state index contributed by atoms with van der Waals surface area (Å²) in [6.45, 7) is 2.82. The standard InChI is InChI=1S/C26H25N7O/c1-17-7-6-13-33-22(17)15-21(31-33)24-23-20(28-16-29-23)11-14-32(24)25-19(10-5-12-27-25)26(34)30-18-8-3-2-4-9-18/h2-10,12-13,15-16,21,24,31H,11,14H2,1H3,(H,28,29)(H,30,34)/t21?,24-/m1/s1. The Morgan fingerprint density at radius 2 is 2.03 bits per heavy atom. The molecule has 3 aliphatic heterocycles. The predicted octanol–water partition coefficient (Wildman–Crippen LogP) is 3.71. The minimum Gasteiger partial charge on any atom is -0.348 e. The van der Waals surface area contributed by atoms with Crippen molar-refractivity contribution in [2.45, 2.75) is 25.4 Å². The van der Waals surface area contributed by atoms with Crippen molar-refractivity contribution in [1.29, 1.82) is 0 Å². The van der Waals surface area contributed by atoms with E-state index in [9.17, 15) is 4.79 Å². The van der Waals surface area contributed by atoms with E-state index in [1.54, 1.807) is 18.6 Å². The number of fused-ring (bicyclic) bond motifs is 2. The summed E-state index contributed by atoms with van der Waals surface area (Å²) in [5.74, 6) is 0.472. The molecule has 8 nitrogen and oxygen atoms in total. The molecule has 1 amide bonds. The van der Waals surface area contributed by atoms with Crippen molar-refractivity contribution in [2.24, 2.45) is 0 Å². The second kappa shape index (κ2) is 8.31. The quantitative estimate of drug-likeness (QED) is 0.561. The van der Waals surface area contributed by atoms with Crippen LogP contribution in [0.4, 0.5) is 11.5 Å². The molecular weight excluding hydrogens is 426 g/mol. The first-order valence-corrected chi connectivity index (χ1v) is 11.4. The van der Waals surface area contributed by atoms with Crippen LogP contribution in [0.15, 0.2) is 90.7 Å². The van der Waals surface area contributed by atoms with Gasteiger partial charge in [0.05, 0.1) is 35.4 Å². The number of nitrogens with zero attached hydrogens (tertiary/aromatic N) is 4. The van der Waals surface area contributed by atoms with Crippen molar-refractivity contribution in [3.63, 3.8) is 0 Å². The molecule has 1 unspecified atom stereocenters.